The molecule has 3 rings (SSSR count). The predicted molar refractivity (Wildman–Crippen MR) is 122 cm³/mol. The Morgan fingerprint density at radius 1 is 0.967 bits per heavy atom. The van der Waals surface area contributed by atoms with Crippen LogP contribution in [0, 0.1) is 11.8 Å². The van der Waals surface area contributed by atoms with Crippen LogP contribution in [0.5, 0.6) is 0 Å². The molecule has 0 heterocycles. The Kier molecular flexibility index (Phi) is 6.85. The number of aliphatic hydroxyl groups excluding tert-OH is 1. The second kappa shape index (κ2) is 9.04. The van der Waals surface area contributed by atoms with Gasteiger partial charge in [0.2, 0.25) is 0 Å². The van der Waals surface area contributed by atoms with Crippen LogP contribution in [-0.2, 0) is 14.0 Å². The highest BCUT2D eigenvalue weighted by atomic mass is 28.4. The van der Waals surface area contributed by atoms with Gasteiger partial charge >= 0.3 is 5.97 Å². The van der Waals surface area contributed by atoms with Crippen LogP contribution in [0.2, 0.25) is 5.04 Å². The monoisotopic (exact) mass is 426 g/mol. The molecule has 1 N–H and O–H groups in total. The summed E-state index contributed by atoms with van der Waals surface area (Å²) in [6.45, 7) is 8.74. The Morgan fingerprint density at radius 3 is 1.90 bits per heavy atom. The third-order valence-corrected chi connectivity index (χ3v) is 11.6. The molecule has 0 radical (unpaired) electrons. The lowest BCUT2D eigenvalue weighted by atomic mass is 9.79. The second-order valence-electron chi connectivity index (χ2n) is 9.44. The van der Waals surface area contributed by atoms with Gasteiger partial charge in [-0.15, -0.1) is 0 Å². The van der Waals surface area contributed by atoms with Crippen LogP contribution >= 0.6 is 0 Å². The normalized spacial score (nSPS) is 25.0. The summed E-state index contributed by atoms with van der Waals surface area (Å²) in [6, 6.07) is 20.9. The van der Waals surface area contributed by atoms with Crippen molar-refractivity contribution in [2.75, 3.05) is 7.11 Å². The highest BCUT2D eigenvalue weighted by Gasteiger charge is 2.53. The minimum absolute atomic E-state index is 0.0624. The van der Waals surface area contributed by atoms with Gasteiger partial charge in [-0.2, -0.15) is 0 Å². The summed E-state index contributed by atoms with van der Waals surface area (Å²) in [6.07, 6.45) is 0.166. The molecule has 5 heteroatoms. The van der Waals surface area contributed by atoms with E-state index in [1.807, 2.05) is 19.1 Å². The molecule has 0 aliphatic heterocycles. The zero-order valence-corrected chi connectivity index (χ0v) is 19.7. The predicted octanol–water partition coefficient (Wildman–Crippen LogP) is 3.51. The van der Waals surface area contributed by atoms with Gasteiger partial charge in [0, 0.05) is 5.92 Å². The highest BCUT2D eigenvalue weighted by Crippen LogP contribution is 2.41. The van der Waals surface area contributed by atoms with Gasteiger partial charge in [-0.1, -0.05) is 88.4 Å². The van der Waals surface area contributed by atoms with E-state index >= 15 is 0 Å². The fraction of sp³-hybridized carbons (Fsp3) is 0.480. The van der Waals surface area contributed by atoms with Gasteiger partial charge in [0.1, 0.15) is 0 Å². The van der Waals surface area contributed by atoms with Crippen LogP contribution < -0.4 is 10.4 Å². The maximum absolute atomic E-state index is 12.3. The lowest BCUT2D eigenvalue weighted by molar-refractivity contribution is -0.151. The van der Waals surface area contributed by atoms with Crippen LogP contribution in [0.15, 0.2) is 60.7 Å². The number of hydrogen-bond acceptors (Lipinski definition) is 4. The summed E-state index contributed by atoms with van der Waals surface area (Å²) in [7, 11) is -1.34. The standard InChI is InChI=1S/C25H34O4Si/c1-18-22(26)16-19(24(27)28-5)17-23(18)29-30(25(2,3)4,20-12-8-6-9-13-20)21-14-10-7-11-15-21/h6-15,18-19,22-23,26H,16-17H2,1-5H3/t18-,19+,22+,23+/m0/s1. The maximum atomic E-state index is 12.3. The summed E-state index contributed by atoms with van der Waals surface area (Å²) in [4.78, 5) is 12.3. The van der Waals surface area contributed by atoms with Crippen molar-refractivity contribution in [3.63, 3.8) is 0 Å². The molecule has 1 aliphatic carbocycles. The SMILES string of the molecule is COC(=O)[C@@H]1C[C@@H](O)[C@H](C)[C@H](O[Si](c2ccccc2)(c2ccccc2)C(C)(C)C)C1. The van der Waals surface area contributed by atoms with Gasteiger partial charge in [0.25, 0.3) is 8.32 Å². The molecule has 0 aromatic heterocycles. The van der Waals surface area contributed by atoms with Crippen LogP contribution in [-0.4, -0.2) is 38.7 Å². The Bertz CT molecular complexity index is 792. The van der Waals surface area contributed by atoms with E-state index in [1.165, 1.54) is 17.5 Å². The first-order valence-corrected chi connectivity index (χ1v) is 12.7. The molecule has 4 atom stereocenters. The Hall–Kier alpha value is -1.95. The van der Waals surface area contributed by atoms with Crippen molar-refractivity contribution >= 4 is 24.7 Å². The smallest absolute Gasteiger partial charge is 0.308 e. The van der Waals surface area contributed by atoms with Gasteiger partial charge in [-0.25, -0.2) is 0 Å². The first kappa shape index (κ1) is 22.7. The van der Waals surface area contributed by atoms with Crippen LogP contribution in [0.1, 0.15) is 40.5 Å². The van der Waals surface area contributed by atoms with Crippen molar-refractivity contribution in [1.29, 1.82) is 0 Å². The van der Waals surface area contributed by atoms with Gasteiger partial charge in [0.15, 0.2) is 0 Å². The summed E-state index contributed by atoms with van der Waals surface area (Å²) in [5.74, 6) is -0.672. The number of methoxy groups -OCH3 is 1. The van der Waals surface area contributed by atoms with E-state index < -0.39 is 14.4 Å². The Labute approximate surface area is 181 Å². The van der Waals surface area contributed by atoms with E-state index in [0.717, 1.165) is 0 Å². The van der Waals surface area contributed by atoms with Crippen molar-refractivity contribution in [2.24, 2.45) is 11.8 Å². The fourth-order valence-electron chi connectivity index (χ4n) is 4.78. The number of ether oxygens (including phenoxy) is 1. The highest BCUT2D eigenvalue weighted by molar-refractivity contribution is 6.99. The van der Waals surface area contributed by atoms with Crippen LogP contribution in [0.25, 0.3) is 0 Å². The Balaban J connectivity index is 2.12. The van der Waals surface area contributed by atoms with Gasteiger partial charge in [-0.3, -0.25) is 4.79 Å². The van der Waals surface area contributed by atoms with Crippen molar-refractivity contribution in [3.8, 4) is 0 Å². The molecule has 0 spiro atoms. The zero-order valence-electron chi connectivity index (χ0n) is 18.7. The van der Waals surface area contributed by atoms with Crippen LogP contribution in [0.3, 0.4) is 0 Å². The number of esters is 1. The van der Waals surface area contributed by atoms with Crippen molar-refractivity contribution in [2.45, 2.75) is 57.8 Å². The third-order valence-electron chi connectivity index (χ3n) is 6.52. The molecule has 162 valence electrons. The number of carbonyl (C=O) groups excluding carboxylic acids is 1. The van der Waals surface area contributed by atoms with E-state index in [0.29, 0.717) is 12.8 Å². The molecule has 30 heavy (non-hydrogen) atoms. The zero-order chi connectivity index (χ0) is 21.9. The molecule has 1 saturated carbocycles. The third kappa shape index (κ3) is 4.24. The maximum Gasteiger partial charge on any atom is 0.308 e. The average Bonchev–Trinajstić information content (AvgIpc) is 2.74. The van der Waals surface area contributed by atoms with Crippen LogP contribution in [0.4, 0.5) is 0 Å². The van der Waals surface area contributed by atoms with Crippen molar-refractivity contribution in [1.82, 2.24) is 0 Å². The fourth-order valence-corrected chi connectivity index (χ4v) is 9.56. The van der Waals surface area contributed by atoms with E-state index in [9.17, 15) is 9.90 Å². The molecule has 0 saturated heterocycles. The number of benzene rings is 2. The minimum Gasteiger partial charge on any atom is -0.469 e. The quantitative estimate of drug-likeness (QED) is 0.587. The summed E-state index contributed by atoms with van der Waals surface area (Å²) < 4.78 is 12.2. The van der Waals surface area contributed by atoms with Gasteiger partial charge in [-0.05, 0) is 28.3 Å². The van der Waals surface area contributed by atoms with E-state index in [4.69, 9.17) is 9.16 Å². The number of carbonyl (C=O) groups is 1. The number of aliphatic hydroxyl groups is 1. The molecule has 4 nitrogen and oxygen atoms in total. The molecule has 0 bridgehead atoms. The van der Waals surface area contributed by atoms with E-state index in [2.05, 4.69) is 69.3 Å². The van der Waals surface area contributed by atoms with E-state index in [-0.39, 0.29) is 28.9 Å². The minimum atomic E-state index is -2.75. The molecular formula is C25H34O4Si. The number of hydrogen-bond donors (Lipinski definition) is 1. The lowest BCUT2D eigenvalue weighted by Crippen LogP contribution is -2.68. The second-order valence-corrected chi connectivity index (χ2v) is 13.7. The number of rotatable bonds is 5. The first-order valence-electron chi connectivity index (χ1n) is 10.8. The first-order chi connectivity index (χ1) is 14.2. The molecule has 1 fully saturated rings. The van der Waals surface area contributed by atoms with E-state index in [1.54, 1.807) is 0 Å². The molecule has 0 amide bonds. The van der Waals surface area contributed by atoms with Gasteiger partial charge in [0.05, 0.1) is 25.2 Å². The summed E-state index contributed by atoms with van der Waals surface area (Å²) in [5, 5.41) is 13.0. The largest absolute Gasteiger partial charge is 0.469 e. The molecule has 2 aromatic rings. The lowest BCUT2D eigenvalue weighted by Gasteiger charge is -2.48. The topological polar surface area (TPSA) is 55.8 Å². The average molecular weight is 427 g/mol. The van der Waals surface area contributed by atoms with Gasteiger partial charge < -0.3 is 14.3 Å². The molecule has 0 unspecified atom stereocenters. The summed E-state index contributed by atoms with van der Waals surface area (Å²) in [5.41, 5.74) is 0. The summed E-state index contributed by atoms with van der Waals surface area (Å²) >= 11 is 0. The Morgan fingerprint density at radius 2 is 1.47 bits per heavy atom. The van der Waals surface area contributed by atoms with Crippen molar-refractivity contribution < 1.29 is 19.1 Å². The molecular weight excluding hydrogens is 392 g/mol. The van der Waals surface area contributed by atoms with Crippen molar-refractivity contribution in [3.05, 3.63) is 60.7 Å². The molecule has 1 aliphatic rings. The molecule has 2 aromatic carbocycles.